The van der Waals surface area contributed by atoms with Crippen molar-refractivity contribution >= 4 is 44.8 Å². The lowest BCUT2D eigenvalue weighted by Gasteiger charge is -2.20. The van der Waals surface area contributed by atoms with Gasteiger partial charge in [-0.25, -0.2) is 8.42 Å². The second-order valence-electron chi connectivity index (χ2n) is 8.13. The molecule has 4 rings (SSSR count). The van der Waals surface area contributed by atoms with E-state index in [2.05, 4.69) is 5.32 Å². The van der Waals surface area contributed by atoms with Gasteiger partial charge in [0, 0.05) is 31.7 Å². The third-order valence-electron chi connectivity index (χ3n) is 6.06. The molecule has 0 spiro atoms. The van der Waals surface area contributed by atoms with Crippen LogP contribution in [0.5, 0.6) is 0 Å². The predicted octanol–water partition coefficient (Wildman–Crippen LogP) is 3.68. The number of para-hydroxylation sites is 1. The summed E-state index contributed by atoms with van der Waals surface area (Å²) in [6.45, 7) is 3.28. The average Bonchev–Trinajstić information content (AvgIpc) is 3.45. The fourth-order valence-corrected chi connectivity index (χ4v) is 5.97. The Morgan fingerprint density at radius 3 is 2.59 bits per heavy atom. The fraction of sp³-hybridized carbons (Fsp3) is 0.391. The van der Waals surface area contributed by atoms with E-state index in [0.717, 1.165) is 30.5 Å². The van der Waals surface area contributed by atoms with Crippen LogP contribution in [0.15, 0.2) is 47.4 Å². The van der Waals surface area contributed by atoms with Crippen LogP contribution in [0.3, 0.4) is 0 Å². The molecule has 2 amide bonds. The first kappa shape index (κ1) is 22.8. The minimum Gasteiger partial charge on any atom is -0.324 e. The average molecular weight is 476 g/mol. The number of nitrogens with zero attached hydrogens (tertiary/aromatic N) is 2. The first-order chi connectivity index (χ1) is 15.3. The molecule has 2 aliphatic rings. The third-order valence-corrected chi connectivity index (χ3v) is 8.28. The number of benzene rings is 2. The number of rotatable bonds is 6. The summed E-state index contributed by atoms with van der Waals surface area (Å²) in [5.74, 6) is -1.02. The first-order valence-corrected chi connectivity index (χ1v) is 12.6. The van der Waals surface area contributed by atoms with Crippen LogP contribution in [-0.4, -0.2) is 44.2 Å². The number of hydrogen-bond donors (Lipinski definition) is 1. The number of hydrogen-bond acceptors (Lipinski definition) is 4. The molecule has 2 saturated heterocycles. The highest BCUT2D eigenvalue weighted by Crippen LogP contribution is 2.32. The lowest BCUT2D eigenvalue weighted by molar-refractivity contribution is -0.122. The Hall–Kier alpha value is -2.42. The zero-order chi connectivity index (χ0) is 22.9. The van der Waals surface area contributed by atoms with Crippen LogP contribution >= 0.6 is 11.6 Å². The number of nitrogens with one attached hydrogen (secondary N) is 1. The molecular weight excluding hydrogens is 450 g/mol. The molecule has 2 heterocycles. The summed E-state index contributed by atoms with van der Waals surface area (Å²) in [6.07, 6.45) is 2.55. The normalized spacial score (nSPS) is 19.5. The zero-order valence-corrected chi connectivity index (χ0v) is 19.5. The van der Waals surface area contributed by atoms with Gasteiger partial charge < -0.3 is 10.2 Å². The van der Waals surface area contributed by atoms with Crippen molar-refractivity contribution in [2.24, 2.45) is 5.92 Å². The standard InChI is InChI=1S/C23H26ClN3O4S/c1-2-16-7-3-4-8-21(16)27-15-17(13-22(27)28)23(29)25-20-14-18(9-10-19(20)24)32(30,31)26-11-5-6-12-26/h3-4,7-10,14,17H,2,5-6,11-13,15H2,1H3,(H,25,29)/t17-/m0/s1. The molecule has 0 unspecified atom stereocenters. The Balaban J connectivity index is 1.51. The molecule has 1 atom stereocenters. The minimum absolute atomic E-state index is 0.0905. The highest BCUT2D eigenvalue weighted by Gasteiger charge is 2.36. The van der Waals surface area contributed by atoms with Gasteiger partial charge in [0.1, 0.15) is 0 Å². The smallest absolute Gasteiger partial charge is 0.243 e. The Bertz CT molecular complexity index is 1150. The van der Waals surface area contributed by atoms with Crippen molar-refractivity contribution in [2.75, 3.05) is 29.9 Å². The summed E-state index contributed by atoms with van der Waals surface area (Å²) >= 11 is 6.25. The molecule has 2 aromatic rings. The second-order valence-corrected chi connectivity index (χ2v) is 10.5. The molecule has 32 heavy (non-hydrogen) atoms. The van der Waals surface area contributed by atoms with Gasteiger partial charge in [0.2, 0.25) is 21.8 Å². The number of halogens is 1. The Morgan fingerprint density at radius 2 is 1.88 bits per heavy atom. The summed E-state index contributed by atoms with van der Waals surface area (Å²) in [5.41, 5.74) is 2.11. The summed E-state index contributed by atoms with van der Waals surface area (Å²) in [7, 11) is -3.63. The minimum atomic E-state index is -3.63. The van der Waals surface area contributed by atoms with E-state index in [1.807, 2.05) is 31.2 Å². The monoisotopic (exact) mass is 475 g/mol. The third kappa shape index (κ3) is 4.40. The summed E-state index contributed by atoms with van der Waals surface area (Å²) < 4.78 is 27.2. The van der Waals surface area contributed by atoms with Gasteiger partial charge in [0.15, 0.2) is 0 Å². The fourth-order valence-electron chi connectivity index (χ4n) is 4.26. The maximum absolute atomic E-state index is 13.0. The van der Waals surface area contributed by atoms with Crippen molar-refractivity contribution in [1.82, 2.24) is 4.31 Å². The van der Waals surface area contributed by atoms with E-state index in [9.17, 15) is 18.0 Å². The molecule has 0 radical (unpaired) electrons. The first-order valence-electron chi connectivity index (χ1n) is 10.8. The van der Waals surface area contributed by atoms with Crippen LogP contribution in [-0.2, 0) is 26.0 Å². The summed E-state index contributed by atoms with van der Waals surface area (Å²) in [6, 6.07) is 12.0. The highest BCUT2D eigenvalue weighted by molar-refractivity contribution is 7.89. The van der Waals surface area contributed by atoms with Gasteiger partial charge in [-0.15, -0.1) is 0 Å². The molecule has 1 N–H and O–H groups in total. The molecular formula is C23H26ClN3O4S. The van der Waals surface area contributed by atoms with Crippen LogP contribution in [0.1, 0.15) is 31.7 Å². The zero-order valence-electron chi connectivity index (χ0n) is 17.9. The Morgan fingerprint density at radius 1 is 1.16 bits per heavy atom. The lowest BCUT2D eigenvalue weighted by Crippen LogP contribution is -2.29. The van der Waals surface area contributed by atoms with Gasteiger partial charge in [0.05, 0.1) is 21.5 Å². The summed E-state index contributed by atoms with van der Waals surface area (Å²) in [4.78, 5) is 27.3. The van der Waals surface area contributed by atoms with Gasteiger partial charge in [-0.2, -0.15) is 4.31 Å². The Kier molecular flexibility index (Phi) is 6.55. The molecule has 170 valence electrons. The van der Waals surface area contributed by atoms with Crippen molar-refractivity contribution < 1.29 is 18.0 Å². The molecule has 9 heteroatoms. The van der Waals surface area contributed by atoms with E-state index in [0.29, 0.717) is 13.1 Å². The van der Waals surface area contributed by atoms with E-state index in [-0.39, 0.29) is 40.4 Å². The van der Waals surface area contributed by atoms with Crippen molar-refractivity contribution in [3.8, 4) is 0 Å². The van der Waals surface area contributed by atoms with Crippen LogP contribution in [0.4, 0.5) is 11.4 Å². The van der Waals surface area contributed by atoms with E-state index >= 15 is 0 Å². The molecule has 0 bridgehead atoms. The topological polar surface area (TPSA) is 86.8 Å². The van der Waals surface area contributed by atoms with Gasteiger partial charge >= 0.3 is 0 Å². The van der Waals surface area contributed by atoms with Crippen molar-refractivity contribution in [3.05, 3.63) is 53.1 Å². The molecule has 0 aromatic heterocycles. The van der Waals surface area contributed by atoms with Crippen molar-refractivity contribution in [3.63, 3.8) is 0 Å². The van der Waals surface area contributed by atoms with Crippen LogP contribution < -0.4 is 10.2 Å². The number of anilines is 2. The molecule has 2 fully saturated rings. The van der Waals surface area contributed by atoms with Gasteiger partial charge in [-0.05, 0) is 49.1 Å². The van der Waals surface area contributed by atoms with Crippen molar-refractivity contribution in [2.45, 2.75) is 37.5 Å². The largest absolute Gasteiger partial charge is 0.324 e. The number of amides is 2. The van der Waals surface area contributed by atoms with E-state index in [1.165, 1.54) is 22.5 Å². The molecule has 2 aromatic carbocycles. The quantitative estimate of drug-likeness (QED) is 0.690. The second kappa shape index (κ2) is 9.21. The van der Waals surface area contributed by atoms with Crippen LogP contribution in [0, 0.1) is 5.92 Å². The lowest BCUT2D eigenvalue weighted by atomic mass is 10.1. The van der Waals surface area contributed by atoms with Crippen molar-refractivity contribution in [1.29, 1.82) is 0 Å². The van der Waals surface area contributed by atoms with Gasteiger partial charge in [0.25, 0.3) is 0 Å². The molecule has 0 aliphatic carbocycles. The predicted molar refractivity (Wildman–Crippen MR) is 124 cm³/mol. The maximum atomic E-state index is 13.0. The van der Waals surface area contributed by atoms with E-state index < -0.39 is 15.9 Å². The Labute approximate surface area is 193 Å². The number of carbonyl (C=O) groups excluding carboxylic acids is 2. The van der Waals surface area contributed by atoms with E-state index in [1.54, 1.807) is 4.90 Å². The van der Waals surface area contributed by atoms with E-state index in [4.69, 9.17) is 11.6 Å². The molecule has 7 nitrogen and oxygen atoms in total. The van der Waals surface area contributed by atoms with Crippen LogP contribution in [0.2, 0.25) is 5.02 Å². The number of aryl methyl sites for hydroxylation is 1. The highest BCUT2D eigenvalue weighted by atomic mass is 35.5. The van der Waals surface area contributed by atoms with Crippen LogP contribution in [0.25, 0.3) is 0 Å². The maximum Gasteiger partial charge on any atom is 0.243 e. The summed E-state index contributed by atoms with van der Waals surface area (Å²) in [5, 5.41) is 2.99. The SMILES string of the molecule is CCc1ccccc1N1C[C@@H](C(=O)Nc2cc(S(=O)(=O)N3CCCC3)ccc2Cl)CC1=O. The molecule has 2 aliphatic heterocycles. The molecule has 0 saturated carbocycles. The van der Waals surface area contributed by atoms with Gasteiger partial charge in [-0.1, -0.05) is 36.7 Å². The van der Waals surface area contributed by atoms with Gasteiger partial charge in [-0.3, -0.25) is 9.59 Å². The number of sulfonamides is 1. The number of carbonyl (C=O) groups is 2.